The largest absolute Gasteiger partial charge is 0.367 e. The summed E-state index contributed by atoms with van der Waals surface area (Å²) in [6.45, 7) is 4.11. The summed E-state index contributed by atoms with van der Waals surface area (Å²) in [7, 11) is 0. The van der Waals surface area contributed by atoms with Crippen molar-refractivity contribution in [1.82, 2.24) is 4.98 Å². The Balaban J connectivity index is 2.63. The molecular weight excluding hydrogens is 143 g/mol. The summed E-state index contributed by atoms with van der Waals surface area (Å²) in [5, 5.41) is 2.87. The SMILES string of the molecule is C=CCNc1cccc(F)n1. The molecule has 0 aromatic carbocycles. The first-order valence-electron chi connectivity index (χ1n) is 3.30. The Morgan fingerprint density at radius 2 is 2.45 bits per heavy atom. The second-order valence-corrected chi connectivity index (χ2v) is 2.02. The smallest absolute Gasteiger partial charge is 0.214 e. The van der Waals surface area contributed by atoms with E-state index >= 15 is 0 Å². The fourth-order valence-electron chi connectivity index (χ4n) is 0.683. The molecule has 0 radical (unpaired) electrons. The first-order valence-corrected chi connectivity index (χ1v) is 3.30. The molecule has 0 fully saturated rings. The van der Waals surface area contributed by atoms with Gasteiger partial charge in [-0.05, 0) is 12.1 Å². The van der Waals surface area contributed by atoms with Crippen LogP contribution in [0.3, 0.4) is 0 Å². The number of halogens is 1. The summed E-state index contributed by atoms with van der Waals surface area (Å²) < 4.78 is 12.4. The molecule has 0 aliphatic heterocycles. The second kappa shape index (κ2) is 3.71. The molecule has 1 aromatic rings. The topological polar surface area (TPSA) is 24.9 Å². The van der Waals surface area contributed by atoms with Crippen LogP contribution in [0.4, 0.5) is 10.2 Å². The number of pyridine rings is 1. The Bertz CT molecular complexity index is 248. The Morgan fingerprint density at radius 3 is 3.09 bits per heavy atom. The average Bonchev–Trinajstić information content (AvgIpc) is 2.01. The predicted molar refractivity (Wildman–Crippen MR) is 42.9 cm³/mol. The van der Waals surface area contributed by atoms with Crippen LogP contribution in [-0.2, 0) is 0 Å². The van der Waals surface area contributed by atoms with Gasteiger partial charge in [-0.2, -0.15) is 4.39 Å². The van der Waals surface area contributed by atoms with Crippen LogP contribution in [0.5, 0.6) is 0 Å². The van der Waals surface area contributed by atoms with Gasteiger partial charge in [0.05, 0.1) is 0 Å². The maximum absolute atomic E-state index is 12.4. The molecule has 0 spiro atoms. The van der Waals surface area contributed by atoms with Gasteiger partial charge in [0.1, 0.15) is 5.82 Å². The molecular formula is C8H9FN2. The lowest BCUT2D eigenvalue weighted by Gasteiger charge is -1.99. The van der Waals surface area contributed by atoms with Crippen molar-refractivity contribution in [2.75, 3.05) is 11.9 Å². The van der Waals surface area contributed by atoms with E-state index in [9.17, 15) is 4.39 Å². The van der Waals surface area contributed by atoms with Crippen molar-refractivity contribution in [3.05, 3.63) is 36.8 Å². The quantitative estimate of drug-likeness (QED) is 0.528. The van der Waals surface area contributed by atoms with Crippen LogP contribution in [0.2, 0.25) is 0 Å². The molecule has 0 aliphatic rings. The van der Waals surface area contributed by atoms with Crippen LogP contribution in [0.1, 0.15) is 0 Å². The van der Waals surface area contributed by atoms with E-state index in [2.05, 4.69) is 16.9 Å². The summed E-state index contributed by atoms with van der Waals surface area (Å²) in [5.41, 5.74) is 0. The van der Waals surface area contributed by atoms with Crippen molar-refractivity contribution in [3.63, 3.8) is 0 Å². The van der Waals surface area contributed by atoms with E-state index in [4.69, 9.17) is 0 Å². The molecule has 1 heterocycles. The summed E-state index contributed by atoms with van der Waals surface area (Å²) in [4.78, 5) is 3.59. The minimum absolute atomic E-state index is 0.473. The van der Waals surface area contributed by atoms with Gasteiger partial charge in [-0.1, -0.05) is 12.1 Å². The zero-order valence-corrected chi connectivity index (χ0v) is 6.05. The lowest BCUT2D eigenvalue weighted by atomic mass is 10.4. The van der Waals surface area contributed by atoms with Gasteiger partial charge >= 0.3 is 0 Å². The molecule has 1 rings (SSSR count). The van der Waals surface area contributed by atoms with Crippen molar-refractivity contribution in [3.8, 4) is 0 Å². The molecule has 1 aromatic heterocycles. The minimum Gasteiger partial charge on any atom is -0.367 e. The molecule has 58 valence electrons. The minimum atomic E-state index is -0.473. The van der Waals surface area contributed by atoms with Crippen molar-refractivity contribution in [2.24, 2.45) is 0 Å². The fraction of sp³-hybridized carbons (Fsp3) is 0.125. The summed E-state index contributed by atoms with van der Waals surface area (Å²) in [6.07, 6.45) is 1.69. The average molecular weight is 152 g/mol. The maximum Gasteiger partial charge on any atom is 0.214 e. The van der Waals surface area contributed by atoms with E-state index < -0.39 is 5.95 Å². The third kappa shape index (κ3) is 2.37. The van der Waals surface area contributed by atoms with Crippen molar-refractivity contribution >= 4 is 5.82 Å². The zero-order chi connectivity index (χ0) is 8.10. The van der Waals surface area contributed by atoms with Gasteiger partial charge in [-0.15, -0.1) is 6.58 Å². The number of nitrogens with zero attached hydrogens (tertiary/aromatic N) is 1. The third-order valence-corrected chi connectivity index (χ3v) is 1.14. The molecule has 0 bridgehead atoms. The lowest BCUT2D eigenvalue weighted by molar-refractivity contribution is 0.585. The van der Waals surface area contributed by atoms with E-state index in [1.54, 1.807) is 18.2 Å². The summed E-state index contributed by atoms with van der Waals surface area (Å²) in [5.74, 6) is 0.0592. The molecule has 0 saturated carbocycles. The summed E-state index contributed by atoms with van der Waals surface area (Å²) >= 11 is 0. The predicted octanol–water partition coefficient (Wildman–Crippen LogP) is 1.82. The Hall–Kier alpha value is -1.38. The second-order valence-electron chi connectivity index (χ2n) is 2.02. The van der Waals surface area contributed by atoms with Crippen LogP contribution in [0.15, 0.2) is 30.9 Å². The number of rotatable bonds is 3. The van der Waals surface area contributed by atoms with Crippen LogP contribution < -0.4 is 5.32 Å². The van der Waals surface area contributed by atoms with Crippen LogP contribution in [0, 0.1) is 5.95 Å². The van der Waals surface area contributed by atoms with Gasteiger partial charge in [0, 0.05) is 6.54 Å². The zero-order valence-electron chi connectivity index (χ0n) is 6.05. The Kier molecular flexibility index (Phi) is 2.60. The highest BCUT2D eigenvalue weighted by Gasteiger charge is 1.92. The normalized spacial score (nSPS) is 9.18. The van der Waals surface area contributed by atoms with Crippen LogP contribution in [-0.4, -0.2) is 11.5 Å². The fourth-order valence-corrected chi connectivity index (χ4v) is 0.683. The van der Waals surface area contributed by atoms with E-state index in [0.29, 0.717) is 12.4 Å². The molecule has 0 saturated heterocycles. The molecule has 0 unspecified atom stereocenters. The van der Waals surface area contributed by atoms with Gasteiger partial charge in [0.25, 0.3) is 0 Å². The van der Waals surface area contributed by atoms with Gasteiger partial charge < -0.3 is 5.32 Å². The molecule has 1 N–H and O–H groups in total. The first-order chi connectivity index (χ1) is 5.33. The lowest BCUT2D eigenvalue weighted by Crippen LogP contribution is -2.00. The summed E-state index contributed by atoms with van der Waals surface area (Å²) in [6, 6.07) is 4.61. The van der Waals surface area contributed by atoms with E-state index in [1.807, 2.05) is 0 Å². The Labute approximate surface area is 64.8 Å². The maximum atomic E-state index is 12.4. The number of hydrogen-bond donors (Lipinski definition) is 1. The van der Waals surface area contributed by atoms with E-state index in [1.165, 1.54) is 6.07 Å². The molecule has 11 heavy (non-hydrogen) atoms. The van der Waals surface area contributed by atoms with Crippen molar-refractivity contribution in [2.45, 2.75) is 0 Å². The highest BCUT2D eigenvalue weighted by molar-refractivity contribution is 5.33. The van der Waals surface area contributed by atoms with Crippen molar-refractivity contribution in [1.29, 1.82) is 0 Å². The van der Waals surface area contributed by atoms with Gasteiger partial charge in [0.15, 0.2) is 0 Å². The highest BCUT2D eigenvalue weighted by atomic mass is 19.1. The Morgan fingerprint density at radius 1 is 1.64 bits per heavy atom. The van der Waals surface area contributed by atoms with Gasteiger partial charge in [0.2, 0.25) is 5.95 Å². The standard InChI is InChI=1S/C8H9FN2/c1-2-6-10-8-5-3-4-7(9)11-8/h2-5H,1,6H2,(H,10,11). The molecule has 0 atom stereocenters. The number of hydrogen-bond acceptors (Lipinski definition) is 2. The van der Waals surface area contributed by atoms with Gasteiger partial charge in [-0.25, -0.2) is 4.98 Å². The molecule has 0 aliphatic carbocycles. The molecule has 2 nitrogen and oxygen atoms in total. The van der Waals surface area contributed by atoms with Crippen LogP contribution in [0.25, 0.3) is 0 Å². The third-order valence-electron chi connectivity index (χ3n) is 1.14. The van der Waals surface area contributed by atoms with E-state index in [-0.39, 0.29) is 0 Å². The monoisotopic (exact) mass is 152 g/mol. The van der Waals surface area contributed by atoms with Crippen molar-refractivity contribution < 1.29 is 4.39 Å². The number of nitrogens with one attached hydrogen (secondary N) is 1. The van der Waals surface area contributed by atoms with Crippen LogP contribution >= 0.6 is 0 Å². The number of anilines is 1. The number of aromatic nitrogens is 1. The first kappa shape index (κ1) is 7.72. The molecule has 3 heteroatoms. The van der Waals surface area contributed by atoms with Gasteiger partial charge in [-0.3, -0.25) is 0 Å². The van der Waals surface area contributed by atoms with E-state index in [0.717, 1.165) is 0 Å². The molecule has 0 amide bonds. The highest BCUT2D eigenvalue weighted by Crippen LogP contribution is 2.01.